The van der Waals surface area contributed by atoms with Gasteiger partial charge in [0.25, 0.3) is 0 Å². The third-order valence-electron chi connectivity index (χ3n) is 6.42. The lowest BCUT2D eigenvalue weighted by molar-refractivity contribution is 0.0602. The largest absolute Gasteiger partial charge is 0.390 e. The summed E-state index contributed by atoms with van der Waals surface area (Å²) in [6.07, 6.45) is 2.00. The topological polar surface area (TPSA) is 31.6 Å². The highest BCUT2D eigenvalue weighted by atomic mass is 16.3. The molecule has 1 saturated heterocycles. The van der Waals surface area contributed by atoms with Crippen LogP contribution in [0.1, 0.15) is 26.7 Å². The van der Waals surface area contributed by atoms with E-state index in [-0.39, 0.29) is 6.10 Å². The number of aliphatic hydroxyl groups is 1. The fourth-order valence-corrected chi connectivity index (χ4v) is 4.79. The van der Waals surface area contributed by atoms with Crippen molar-refractivity contribution in [3.05, 3.63) is 48.5 Å². The van der Waals surface area contributed by atoms with Crippen molar-refractivity contribution >= 4 is 21.8 Å². The van der Waals surface area contributed by atoms with E-state index in [9.17, 15) is 5.11 Å². The van der Waals surface area contributed by atoms with Crippen molar-refractivity contribution in [3.8, 4) is 0 Å². The molecule has 0 bridgehead atoms. The minimum atomic E-state index is -0.382. The van der Waals surface area contributed by atoms with Crippen LogP contribution in [0.3, 0.4) is 0 Å². The summed E-state index contributed by atoms with van der Waals surface area (Å²) in [4.78, 5) is 4.93. The zero-order valence-corrected chi connectivity index (χ0v) is 17.4. The van der Waals surface area contributed by atoms with Crippen LogP contribution in [0.4, 0.5) is 0 Å². The number of hydrogen-bond donors (Lipinski definition) is 1. The van der Waals surface area contributed by atoms with Crippen LogP contribution in [-0.4, -0.2) is 64.3 Å². The molecule has 1 aliphatic heterocycles. The molecular weight excluding hydrogens is 346 g/mol. The SMILES string of the molecule is CC(C)N1CCC(N(C)CC(O)Cn2c3ccccc3c3ccccc32)CC1. The number of fused-ring (bicyclic) bond motifs is 3. The molecule has 2 aromatic carbocycles. The predicted octanol–water partition coefficient (Wildman–Crippen LogP) is 3.96. The van der Waals surface area contributed by atoms with E-state index in [1.54, 1.807) is 0 Å². The maximum atomic E-state index is 10.9. The van der Waals surface area contributed by atoms with Gasteiger partial charge in [0.1, 0.15) is 0 Å². The van der Waals surface area contributed by atoms with Crippen LogP contribution in [-0.2, 0) is 6.54 Å². The number of rotatable bonds is 6. The van der Waals surface area contributed by atoms with Crippen LogP contribution in [0, 0.1) is 0 Å². The van der Waals surface area contributed by atoms with Crippen molar-refractivity contribution in [2.75, 3.05) is 26.7 Å². The average Bonchev–Trinajstić information content (AvgIpc) is 3.02. The Morgan fingerprint density at radius 1 is 0.964 bits per heavy atom. The van der Waals surface area contributed by atoms with Gasteiger partial charge < -0.3 is 19.5 Å². The lowest BCUT2D eigenvalue weighted by Crippen LogP contribution is -2.47. The van der Waals surface area contributed by atoms with Crippen LogP contribution in [0.2, 0.25) is 0 Å². The molecular formula is C24H33N3O. The Morgan fingerprint density at radius 3 is 2.04 bits per heavy atom. The van der Waals surface area contributed by atoms with Crippen LogP contribution in [0.15, 0.2) is 48.5 Å². The van der Waals surface area contributed by atoms with E-state index in [4.69, 9.17) is 0 Å². The highest BCUT2D eigenvalue weighted by Gasteiger charge is 2.25. The number of para-hydroxylation sites is 2. The molecule has 4 heteroatoms. The molecule has 1 unspecified atom stereocenters. The third kappa shape index (κ3) is 3.82. The first-order valence-corrected chi connectivity index (χ1v) is 10.6. The predicted molar refractivity (Wildman–Crippen MR) is 118 cm³/mol. The number of likely N-dealkylation sites (N-methyl/N-ethyl adjacent to an activating group) is 1. The maximum absolute atomic E-state index is 10.9. The van der Waals surface area contributed by atoms with Gasteiger partial charge in [-0.05, 0) is 59.0 Å². The molecule has 0 amide bonds. The van der Waals surface area contributed by atoms with Crippen LogP contribution in [0.25, 0.3) is 21.8 Å². The van der Waals surface area contributed by atoms with Crippen LogP contribution >= 0.6 is 0 Å². The first-order chi connectivity index (χ1) is 13.5. The van der Waals surface area contributed by atoms with E-state index in [1.807, 2.05) is 0 Å². The highest BCUT2D eigenvalue weighted by molar-refractivity contribution is 6.07. The normalized spacial score (nSPS) is 17.9. The summed E-state index contributed by atoms with van der Waals surface area (Å²) < 4.78 is 2.28. The molecule has 1 fully saturated rings. The van der Waals surface area contributed by atoms with Gasteiger partial charge in [0.15, 0.2) is 0 Å². The Morgan fingerprint density at radius 2 is 1.50 bits per heavy atom. The summed E-state index contributed by atoms with van der Waals surface area (Å²) in [6, 6.07) is 18.2. The zero-order chi connectivity index (χ0) is 19.7. The molecule has 28 heavy (non-hydrogen) atoms. The maximum Gasteiger partial charge on any atom is 0.0845 e. The van der Waals surface area contributed by atoms with Crippen molar-refractivity contribution in [1.29, 1.82) is 0 Å². The van der Waals surface area contributed by atoms with E-state index in [1.165, 1.54) is 34.6 Å². The standard InChI is InChI=1S/C24H33N3O/c1-18(2)26-14-12-19(13-15-26)25(3)16-20(28)17-27-23-10-6-4-8-21(23)22-9-5-7-11-24(22)27/h4-11,18-20,28H,12-17H2,1-3H3. The molecule has 0 spiro atoms. The number of benzene rings is 2. The highest BCUT2D eigenvalue weighted by Crippen LogP contribution is 2.29. The van der Waals surface area contributed by atoms with E-state index in [2.05, 4.69) is 83.8 Å². The monoisotopic (exact) mass is 379 g/mol. The fourth-order valence-electron chi connectivity index (χ4n) is 4.79. The van der Waals surface area contributed by atoms with Crippen molar-refractivity contribution in [2.45, 2.75) is 51.4 Å². The second-order valence-electron chi connectivity index (χ2n) is 8.60. The first-order valence-electron chi connectivity index (χ1n) is 10.6. The fraction of sp³-hybridized carbons (Fsp3) is 0.500. The van der Waals surface area contributed by atoms with Gasteiger partial charge in [0.2, 0.25) is 0 Å². The van der Waals surface area contributed by atoms with Crippen molar-refractivity contribution in [1.82, 2.24) is 14.4 Å². The number of nitrogens with zero attached hydrogens (tertiary/aromatic N) is 3. The Labute approximate surface area is 168 Å². The molecule has 1 N–H and O–H groups in total. The molecule has 3 aromatic rings. The minimum Gasteiger partial charge on any atom is -0.390 e. The van der Waals surface area contributed by atoms with Gasteiger partial charge in [-0.25, -0.2) is 0 Å². The summed E-state index contributed by atoms with van der Waals surface area (Å²) in [5, 5.41) is 13.4. The van der Waals surface area contributed by atoms with Gasteiger partial charge in [-0.15, -0.1) is 0 Å². The van der Waals surface area contributed by atoms with Gasteiger partial charge in [-0.1, -0.05) is 36.4 Å². The molecule has 2 heterocycles. The quantitative estimate of drug-likeness (QED) is 0.703. The molecule has 4 rings (SSSR count). The number of hydrogen-bond acceptors (Lipinski definition) is 3. The number of piperidine rings is 1. The summed E-state index contributed by atoms with van der Waals surface area (Å²) in [5.41, 5.74) is 2.41. The van der Waals surface area contributed by atoms with Gasteiger partial charge in [0.05, 0.1) is 12.6 Å². The van der Waals surface area contributed by atoms with Gasteiger partial charge >= 0.3 is 0 Å². The van der Waals surface area contributed by atoms with Gasteiger partial charge in [-0.2, -0.15) is 0 Å². The first kappa shape index (κ1) is 19.4. The lowest BCUT2D eigenvalue weighted by Gasteiger charge is -2.39. The molecule has 4 nitrogen and oxygen atoms in total. The zero-order valence-electron chi connectivity index (χ0n) is 17.4. The molecule has 1 atom stereocenters. The van der Waals surface area contributed by atoms with Gasteiger partial charge in [-0.3, -0.25) is 0 Å². The molecule has 0 aliphatic carbocycles. The van der Waals surface area contributed by atoms with E-state index in [0.717, 1.165) is 13.1 Å². The molecule has 150 valence electrons. The Kier molecular flexibility index (Phi) is 5.72. The van der Waals surface area contributed by atoms with Gasteiger partial charge in [0, 0.05) is 40.4 Å². The van der Waals surface area contributed by atoms with Crippen molar-refractivity contribution in [3.63, 3.8) is 0 Å². The van der Waals surface area contributed by atoms with Crippen molar-refractivity contribution < 1.29 is 5.11 Å². The molecule has 1 aliphatic rings. The summed E-state index contributed by atoms with van der Waals surface area (Å²) in [5.74, 6) is 0. The van der Waals surface area contributed by atoms with Crippen LogP contribution in [0.5, 0.6) is 0 Å². The second-order valence-corrected chi connectivity index (χ2v) is 8.60. The van der Waals surface area contributed by atoms with E-state index >= 15 is 0 Å². The minimum absolute atomic E-state index is 0.382. The Bertz CT molecular complexity index is 871. The smallest absolute Gasteiger partial charge is 0.0845 e. The third-order valence-corrected chi connectivity index (χ3v) is 6.42. The summed E-state index contributed by atoms with van der Waals surface area (Å²) in [7, 11) is 2.17. The Balaban J connectivity index is 1.46. The van der Waals surface area contributed by atoms with E-state index in [0.29, 0.717) is 25.2 Å². The summed E-state index contributed by atoms with van der Waals surface area (Å²) in [6.45, 7) is 8.22. The summed E-state index contributed by atoms with van der Waals surface area (Å²) >= 11 is 0. The van der Waals surface area contributed by atoms with Crippen molar-refractivity contribution in [2.24, 2.45) is 0 Å². The van der Waals surface area contributed by atoms with Crippen LogP contribution < -0.4 is 0 Å². The number of likely N-dealkylation sites (tertiary alicyclic amines) is 1. The molecule has 1 aromatic heterocycles. The molecule has 0 saturated carbocycles. The number of aromatic nitrogens is 1. The number of aliphatic hydroxyl groups excluding tert-OH is 1. The average molecular weight is 380 g/mol. The Hall–Kier alpha value is -1.88. The van der Waals surface area contributed by atoms with E-state index < -0.39 is 0 Å². The second kappa shape index (κ2) is 8.24. The lowest BCUT2D eigenvalue weighted by atomic mass is 10.0. The molecule has 0 radical (unpaired) electrons.